The minimum atomic E-state index is -0.541. The van der Waals surface area contributed by atoms with Gasteiger partial charge in [0.15, 0.2) is 5.82 Å². The molecule has 5 heteroatoms. The predicted molar refractivity (Wildman–Crippen MR) is 72.8 cm³/mol. The zero-order chi connectivity index (χ0) is 18.6. The quantitative estimate of drug-likeness (QED) is 0.677. The maximum atomic E-state index is 8.14. The number of hydrogen-bond donors (Lipinski definition) is 0. The van der Waals surface area contributed by atoms with E-state index in [-0.39, 0.29) is 32.7 Å². The molecule has 18 heavy (non-hydrogen) atoms. The van der Waals surface area contributed by atoms with Crippen molar-refractivity contribution < 1.29 is 9.60 Å². The van der Waals surface area contributed by atoms with Crippen LogP contribution in [0.2, 0.25) is 10.6 Å². The molecule has 3 nitrogen and oxygen atoms in total. The van der Waals surface area contributed by atoms with Crippen LogP contribution in [0.1, 0.15) is 9.60 Å². The van der Waals surface area contributed by atoms with E-state index in [2.05, 4.69) is 15.0 Å². The maximum Gasteiger partial charge on any atom is 0.227 e. The summed E-state index contributed by atoms with van der Waals surface area (Å²) in [6.07, 6.45) is 0. The molecule has 0 spiro atoms. The summed E-state index contributed by atoms with van der Waals surface area (Å²) in [6, 6.07) is -3.52. The van der Waals surface area contributed by atoms with Crippen LogP contribution in [0, 0.1) is 0 Å². The second-order valence-corrected chi connectivity index (χ2v) is 3.87. The van der Waals surface area contributed by atoms with Crippen LogP contribution in [-0.2, 0) is 0 Å². The summed E-state index contributed by atoms with van der Waals surface area (Å²) in [5.74, 6) is -0.210. The van der Waals surface area contributed by atoms with E-state index in [0.717, 1.165) is 0 Å². The van der Waals surface area contributed by atoms with Gasteiger partial charge in [0, 0.05) is 5.56 Å². The van der Waals surface area contributed by atoms with Crippen molar-refractivity contribution in [2.24, 2.45) is 0 Å². The van der Waals surface area contributed by atoms with Gasteiger partial charge in [0.1, 0.15) is 0 Å². The van der Waals surface area contributed by atoms with Gasteiger partial charge >= 0.3 is 0 Å². The number of halogens is 2. The molecular formula is C13H7Cl2N3. The lowest BCUT2D eigenvalue weighted by Crippen LogP contribution is -1.94. The molecule has 0 fully saturated rings. The summed E-state index contributed by atoms with van der Waals surface area (Å²) in [5.41, 5.74) is -0.158. The van der Waals surface area contributed by atoms with Crippen LogP contribution >= 0.6 is 23.2 Å². The van der Waals surface area contributed by atoms with E-state index in [0.29, 0.717) is 0 Å². The Labute approximate surface area is 123 Å². The fourth-order valence-corrected chi connectivity index (χ4v) is 1.78. The molecule has 0 aliphatic carbocycles. The lowest BCUT2D eigenvalue weighted by molar-refractivity contribution is 1.06. The molecule has 0 unspecified atom stereocenters. The van der Waals surface area contributed by atoms with Crippen molar-refractivity contribution in [1.82, 2.24) is 15.0 Å². The number of fused-ring (bicyclic) bond motifs is 1. The van der Waals surface area contributed by atoms with Gasteiger partial charge in [-0.2, -0.15) is 15.0 Å². The average molecular weight is 283 g/mol. The highest BCUT2D eigenvalue weighted by Gasteiger charge is 2.09. The fourth-order valence-electron chi connectivity index (χ4n) is 1.42. The fraction of sp³-hybridized carbons (Fsp3) is 0. The van der Waals surface area contributed by atoms with E-state index in [1.165, 1.54) is 0 Å². The van der Waals surface area contributed by atoms with Crippen molar-refractivity contribution in [2.75, 3.05) is 0 Å². The highest BCUT2D eigenvalue weighted by atomic mass is 35.5. The first-order chi connectivity index (χ1) is 11.6. The lowest BCUT2D eigenvalue weighted by Gasteiger charge is -2.05. The minimum absolute atomic E-state index is 0.143. The van der Waals surface area contributed by atoms with Gasteiger partial charge < -0.3 is 0 Å². The molecule has 1 heterocycles. The number of nitrogens with zero attached hydrogens (tertiary/aromatic N) is 3. The van der Waals surface area contributed by atoms with Gasteiger partial charge in [-0.25, -0.2) is 0 Å². The summed E-state index contributed by atoms with van der Waals surface area (Å²) in [7, 11) is 0. The Hall–Kier alpha value is -1.71. The van der Waals surface area contributed by atoms with E-state index in [1.807, 2.05) is 0 Å². The minimum Gasteiger partial charge on any atom is -0.198 e. The molecule has 88 valence electrons. The van der Waals surface area contributed by atoms with Crippen molar-refractivity contribution in [3.05, 3.63) is 52.9 Å². The molecule has 0 amide bonds. The first kappa shape index (κ1) is 5.95. The van der Waals surface area contributed by atoms with Crippen LogP contribution in [0.15, 0.2) is 42.3 Å². The molecule has 0 N–H and O–H groups in total. The van der Waals surface area contributed by atoms with E-state index in [1.54, 1.807) is 0 Å². The molecule has 0 bridgehead atoms. The third-order valence-electron chi connectivity index (χ3n) is 2.12. The number of aromatic nitrogens is 3. The van der Waals surface area contributed by atoms with Crippen molar-refractivity contribution in [3.63, 3.8) is 0 Å². The summed E-state index contributed by atoms with van der Waals surface area (Å²) in [4.78, 5) is 11.3. The third-order valence-corrected chi connectivity index (χ3v) is 2.46. The largest absolute Gasteiger partial charge is 0.227 e. The first-order valence-corrected chi connectivity index (χ1v) is 5.48. The van der Waals surface area contributed by atoms with Crippen molar-refractivity contribution in [3.8, 4) is 11.4 Å². The van der Waals surface area contributed by atoms with Crippen LogP contribution in [0.25, 0.3) is 22.2 Å². The van der Waals surface area contributed by atoms with Gasteiger partial charge in [0.25, 0.3) is 0 Å². The highest BCUT2D eigenvalue weighted by Crippen LogP contribution is 2.26. The van der Waals surface area contributed by atoms with Gasteiger partial charge in [-0.1, -0.05) is 42.3 Å². The Morgan fingerprint density at radius 1 is 0.833 bits per heavy atom. The Morgan fingerprint density at radius 3 is 2.28 bits per heavy atom. The Morgan fingerprint density at radius 2 is 1.50 bits per heavy atom. The van der Waals surface area contributed by atoms with Crippen molar-refractivity contribution >= 4 is 34.0 Å². The smallest absolute Gasteiger partial charge is 0.198 e. The number of benzene rings is 2. The van der Waals surface area contributed by atoms with Crippen LogP contribution in [0.5, 0.6) is 0 Å². The van der Waals surface area contributed by atoms with Gasteiger partial charge in [-0.05, 0) is 34.0 Å². The van der Waals surface area contributed by atoms with Gasteiger partial charge in [-0.15, -0.1) is 0 Å². The predicted octanol–water partition coefficient (Wildman–Crippen LogP) is 4.00. The molecule has 0 saturated heterocycles. The van der Waals surface area contributed by atoms with Crippen LogP contribution in [-0.4, -0.2) is 15.0 Å². The third kappa shape index (κ3) is 2.03. The zero-order valence-electron chi connectivity index (χ0n) is 15.6. The van der Waals surface area contributed by atoms with E-state index in [4.69, 9.17) is 32.8 Å². The van der Waals surface area contributed by atoms with Gasteiger partial charge in [-0.3, -0.25) is 0 Å². The molecule has 3 aromatic rings. The molecule has 0 aliphatic heterocycles. The molecule has 2 aromatic carbocycles. The Balaban J connectivity index is 2.64. The standard InChI is InChI=1S/C13H7Cl2N3/c14-12-16-11(17-13(15)18-12)10-7-3-5-8-4-1-2-6-9(8)10/h1-7H/i1D,2D,3D,4D,5D,6D,7D. The maximum absolute atomic E-state index is 8.14. The van der Waals surface area contributed by atoms with Crippen LogP contribution < -0.4 is 0 Å². The van der Waals surface area contributed by atoms with Crippen molar-refractivity contribution in [1.29, 1.82) is 0 Å². The summed E-state index contributed by atoms with van der Waals surface area (Å²) >= 11 is 11.5. The van der Waals surface area contributed by atoms with Gasteiger partial charge in [0.05, 0.1) is 9.60 Å². The zero-order valence-corrected chi connectivity index (χ0v) is 10.1. The first-order valence-electron chi connectivity index (χ1n) is 8.22. The molecule has 0 radical (unpaired) electrons. The topological polar surface area (TPSA) is 38.7 Å². The summed E-state index contributed by atoms with van der Waals surface area (Å²) in [6.45, 7) is 0. The second kappa shape index (κ2) is 4.52. The van der Waals surface area contributed by atoms with E-state index < -0.39 is 42.3 Å². The van der Waals surface area contributed by atoms with Crippen LogP contribution in [0.4, 0.5) is 0 Å². The van der Waals surface area contributed by atoms with Crippen molar-refractivity contribution in [2.45, 2.75) is 0 Å². The van der Waals surface area contributed by atoms with E-state index in [9.17, 15) is 0 Å². The SMILES string of the molecule is [2H]c1c([2H])c([2H])c2c(-c3nc(Cl)nc(Cl)n3)c([2H])c([2H])c([2H])c2c1[2H]. The number of rotatable bonds is 1. The second-order valence-electron chi connectivity index (χ2n) is 3.20. The highest BCUT2D eigenvalue weighted by molar-refractivity contribution is 6.31. The lowest BCUT2D eigenvalue weighted by atomic mass is 10.0. The molecule has 1 aromatic heterocycles. The molecule has 3 rings (SSSR count). The Bertz CT molecular complexity index is 1030. The van der Waals surface area contributed by atoms with E-state index >= 15 is 0 Å². The monoisotopic (exact) mass is 282 g/mol. The van der Waals surface area contributed by atoms with Crippen LogP contribution in [0.3, 0.4) is 0 Å². The summed E-state index contributed by atoms with van der Waals surface area (Å²) < 4.78 is 55.9. The molecule has 0 atom stereocenters. The average Bonchev–Trinajstić information content (AvgIpc) is 2.54. The summed E-state index contributed by atoms with van der Waals surface area (Å²) in [5, 5.41) is -0.889. The van der Waals surface area contributed by atoms with Gasteiger partial charge in [0.2, 0.25) is 10.6 Å². The molecule has 0 aliphatic rings. The molecular weight excluding hydrogens is 269 g/mol. The Kier molecular flexibility index (Phi) is 1.49. The molecule has 0 saturated carbocycles. The number of hydrogen-bond acceptors (Lipinski definition) is 3. The normalized spacial score (nSPS) is 16.2.